The zero-order valence-corrected chi connectivity index (χ0v) is 46.3. The number of aromatic nitrogens is 2. The maximum absolute atomic E-state index is 15.2. The summed E-state index contributed by atoms with van der Waals surface area (Å²) >= 11 is 7.92. The smallest absolute Gasteiger partial charge is 0.407 e. The summed E-state index contributed by atoms with van der Waals surface area (Å²) in [6.45, 7) is 10.6. The van der Waals surface area contributed by atoms with Crippen LogP contribution in [0.5, 0.6) is 0 Å². The van der Waals surface area contributed by atoms with Gasteiger partial charge >= 0.3 is 12.1 Å². The standard InChI is InChI=1S/C56H67ClF2N8O10S/c1-36(62-48-16-14-41(35-60)66(6)52(48)69)43-31-38-32-46(57)44(34-49(38)63-50(43)68)37-29-42(30-37)76-28-27-75-26-25-74-24-23-73-22-21-72-20-19-65(5)54(71)67-56(39-11-8-7-9-12-39,17-10-18-61-53(70)77-55(2,3)4)78-51(64-67)45-33-40(58)13-15-47(45)59/h7-9,11-16,31-34,36-37,42,62H,10,17-30H2,1-6H3,(H,61,70)(H,63,68)/t36-,37?,42?,56?/m1/s1. The van der Waals surface area contributed by atoms with E-state index in [0.717, 1.165) is 53.8 Å². The summed E-state index contributed by atoms with van der Waals surface area (Å²) in [5.41, 5.74) is 1.88. The van der Waals surface area contributed by atoms with Gasteiger partial charge in [-0.25, -0.2) is 18.4 Å². The van der Waals surface area contributed by atoms with Crippen LogP contribution in [0.4, 0.5) is 24.1 Å². The van der Waals surface area contributed by atoms with E-state index in [1.165, 1.54) is 21.5 Å². The summed E-state index contributed by atoms with van der Waals surface area (Å²) in [5, 5.41) is 22.5. The van der Waals surface area contributed by atoms with E-state index >= 15 is 4.39 Å². The lowest BCUT2D eigenvalue weighted by Crippen LogP contribution is -2.48. The molecule has 3 aromatic carbocycles. The fraction of sp³-hybridized carbons (Fsp3) is 0.464. The predicted octanol–water partition coefficient (Wildman–Crippen LogP) is 9.15. The SMILES string of the molecule is C[C@@H](Nc1ccc(C#N)n(C)c1=O)c1cc2cc(Cl)c(C3CC(OCCOCCOCCOCCOCCN(C)C(=O)N4N=C(c5cc(F)ccc5F)SC4(CCCNC(=O)OC(C)(C)C)c4ccccc4)C3)cc2[nH]c1=O. The molecule has 0 saturated heterocycles. The van der Waals surface area contributed by atoms with Gasteiger partial charge in [-0.1, -0.05) is 53.7 Å². The quantitative estimate of drug-likeness (QED) is 0.0442. The number of hydrazone groups is 1. The van der Waals surface area contributed by atoms with E-state index in [2.05, 4.69) is 20.7 Å². The number of alkyl carbamates (subject to hydrolysis) is 1. The molecule has 5 aromatic rings. The van der Waals surface area contributed by atoms with E-state index in [-0.39, 0.29) is 71.4 Å². The first-order valence-electron chi connectivity index (χ1n) is 25.8. The molecule has 1 saturated carbocycles. The van der Waals surface area contributed by atoms with Gasteiger partial charge < -0.3 is 53.5 Å². The molecule has 0 bridgehead atoms. The Morgan fingerprint density at radius 3 is 2.27 bits per heavy atom. The Morgan fingerprint density at radius 2 is 1.60 bits per heavy atom. The van der Waals surface area contributed by atoms with Crippen LogP contribution in [0.3, 0.4) is 0 Å². The van der Waals surface area contributed by atoms with E-state index in [0.29, 0.717) is 80.8 Å². The topological polar surface area (TPSA) is 211 Å². The number of hydrogen-bond donors (Lipinski definition) is 3. The third-order valence-corrected chi connectivity index (χ3v) is 14.9. The molecule has 0 spiro atoms. The second-order valence-corrected chi connectivity index (χ2v) is 21.6. The zero-order valence-electron chi connectivity index (χ0n) is 44.7. The number of benzene rings is 3. The molecule has 3 amide bonds. The number of ether oxygens (including phenoxy) is 6. The number of urea groups is 1. The highest BCUT2D eigenvalue weighted by atomic mass is 35.5. The lowest BCUT2D eigenvalue weighted by atomic mass is 9.77. The van der Waals surface area contributed by atoms with Gasteiger partial charge in [0.1, 0.15) is 44.6 Å². The third kappa shape index (κ3) is 15.5. The summed E-state index contributed by atoms with van der Waals surface area (Å²) in [7, 11) is 3.14. The fourth-order valence-electron chi connectivity index (χ4n) is 8.89. The van der Waals surface area contributed by atoms with Gasteiger partial charge in [-0.15, -0.1) is 0 Å². The van der Waals surface area contributed by atoms with E-state index in [4.69, 9.17) is 40.0 Å². The number of nitrogens with one attached hydrogen (secondary N) is 3. The van der Waals surface area contributed by atoms with Crippen LogP contribution < -0.4 is 21.8 Å². The number of hydrogen-bond acceptors (Lipinski definition) is 14. The molecule has 1 fully saturated rings. The molecule has 2 aliphatic rings. The van der Waals surface area contributed by atoms with Crippen molar-refractivity contribution in [1.82, 2.24) is 24.8 Å². The number of anilines is 1. The summed E-state index contributed by atoms with van der Waals surface area (Å²) in [4.78, 5) is 55.9. The molecule has 7 rings (SSSR count). The number of fused-ring (bicyclic) bond motifs is 1. The Bertz CT molecular complexity index is 3080. The minimum Gasteiger partial charge on any atom is -0.444 e. The van der Waals surface area contributed by atoms with E-state index in [9.17, 15) is 28.8 Å². The van der Waals surface area contributed by atoms with Gasteiger partial charge in [-0.2, -0.15) is 15.4 Å². The normalized spacial score (nSPS) is 17.5. The molecule has 3 N–H and O–H groups in total. The van der Waals surface area contributed by atoms with Gasteiger partial charge in [0, 0.05) is 54.2 Å². The summed E-state index contributed by atoms with van der Waals surface area (Å²) in [6, 6.07) is 22.0. The van der Waals surface area contributed by atoms with Crippen LogP contribution in [-0.4, -0.2) is 128 Å². The number of carbonyl (C=O) groups excluding carboxylic acids is 2. The van der Waals surface area contributed by atoms with Crippen molar-refractivity contribution >= 4 is 57.1 Å². The molecule has 3 heterocycles. The van der Waals surface area contributed by atoms with Gasteiger partial charge in [-0.3, -0.25) is 9.59 Å². The summed E-state index contributed by atoms with van der Waals surface area (Å²) in [5.74, 6) is -1.15. The zero-order chi connectivity index (χ0) is 56.0. The van der Waals surface area contributed by atoms with E-state index in [1.54, 1.807) is 52.9 Å². The monoisotopic (exact) mass is 1120 g/mol. The van der Waals surface area contributed by atoms with Crippen molar-refractivity contribution in [2.45, 2.75) is 81.9 Å². The second-order valence-electron chi connectivity index (χ2n) is 19.9. The molecule has 78 heavy (non-hydrogen) atoms. The molecule has 1 aliphatic heterocycles. The minimum atomic E-state index is -1.17. The molecule has 1 aliphatic carbocycles. The number of amides is 3. The second kappa shape index (κ2) is 27.5. The van der Waals surface area contributed by atoms with Crippen molar-refractivity contribution in [3.63, 3.8) is 0 Å². The van der Waals surface area contributed by atoms with Crippen LogP contribution in [0.15, 0.2) is 93.6 Å². The van der Waals surface area contributed by atoms with Crippen molar-refractivity contribution in [3.8, 4) is 6.07 Å². The highest BCUT2D eigenvalue weighted by Crippen LogP contribution is 2.51. The first-order chi connectivity index (χ1) is 37.4. The van der Waals surface area contributed by atoms with Crippen molar-refractivity contribution in [2.24, 2.45) is 12.1 Å². The molecule has 418 valence electrons. The average molecular weight is 1120 g/mol. The number of nitrogens with zero attached hydrogens (tertiary/aromatic N) is 5. The van der Waals surface area contributed by atoms with Crippen molar-refractivity contribution < 1.29 is 46.8 Å². The number of rotatable bonds is 26. The van der Waals surface area contributed by atoms with Gasteiger partial charge in [-0.05, 0) is 119 Å². The number of pyridine rings is 2. The Labute approximate surface area is 461 Å². The first-order valence-corrected chi connectivity index (χ1v) is 27.0. The lowest BCUT2D eigenvalue weighted by molar-refractivity contribution is -0.0474. The predicted molar refractivity (Wildman–Crippen MR) is 295 cm³/mol. The molecular weight excluding hydrogens is 1050 g/mol. The Morgan fingerprint density at radius 1 is 0.936 bits per heavy atom. The number of likely N-dealkylation sites (N-methyl/N-ethyl adjacent to an activating group) is 1. The van der Waals surface area contributed by atoms with Crippen molar-refractivity contribution in [3.05, 3.63) is 144 Å². The maximum Gasteiger partial charge on any atom is 0.407 e. The third-order valence-electron chi connectivity index (χ3n) is 13.1. The molecule has 0 radical (unpaired) electrons. The van der Waals surface area contributed by atoms with Crippen molar-refractivity contribution in [1.29, 1.82) is 5.26 Å². The van der Waals surface area contributed by atoms with E-state index in [1.807, 2.05) is 48.5 Å². The average Bonchev–Trinajstić information content (AvgIpc) is 3.90. The van der Waals surface area contributed by atoms with Gasteiger partial charge in [0.25, 0.3) is 11.1 Å². The molecule has 2 atom stereocenters. The van der Waals surface area contributed by atoms with Gasteiger partial charge in [0.2, 0.25) is 0 Å². The number of thioether (sulfide) groups is 1. The first kappa shape index (κ1) is 59.3. The van der Waals surface area contributed by atoms with Gasteiger partial charge in [0.05, 0.1) is 71.6 Å². The van der Waals surface area contributed by atoms with E-state index < -0.39 is 40.3 Å². The largest absolute Gasteiger partial charge is 0.444 e. The van der Waals surface area contributed by atoms with Crippen LogP contribution >= 0.6 is 23.4 Å². The Kier molecular flexibility index (Phi) is 20.9. The molecule has 18 nitrogen and oxygen atoms in total. The molecule has 2 aromatic heterocycles. The number of H-pyrrole nitrogens is 1. The number of halogens is 3. The molecule has 1 unspecified atom stereocenters. The van der Waals surface area contributed by atoms with Crippen LogP contribution in [0.25, 0.3) is 10.9 Å². The Hall–Kier alpha value is -6.38. The highest BCUT2D eigenvalue weighted by Gasteiger charge is 2.49. The minimum absolute atomic E-state index is 0.0631. The number of nitriles is 1. The van der Waals surface area contributed by atoms with Crippen LogP contribution in [-0.2, 0) is 40.3 Å². The van der Waals surface area contributed by atoms with Crippen LogP contribution in [0.2, 0.25) is 5.02 Å². The fourth-order valence-corrected chi connectivity index (χ4v) is 10.6. The molecular formula is C56H67ClF2N8O10S. The van der Waals surface area contributed by atoms with Crippen LogP contribution in [0, 0.1) is 23.0 Å². The Balaban J connectivity index is 0.763. The maximum atomic E-state index is 15.2. The van der Waals surface area contributed by atoms with Gasteiger partial charge in [0.15, 0.2) is 0 Å². The lowest BCUT2D eigenvalue weighted by Gasteiger charge is -2.37. The summed E-state index contributed by atoms with van der Waals surface area (Å²) < 4.78 is 65.1. The van der Waals surface area contributed by atoms with Crippen LogP contribution in [0.1, 0.15) is 93.3 Å². The number of aromatic amines is 1. The van der Waals surface area contributed by atoms with Crippen molar-refractivity contribution in [2.75, 3.05) is 84.9 Å². The highest BCUT2D eigenvalue weighted by molar-refractivity contribution is 8.15. The number of carbonyl (C=O) groups is 2. The summed E-state index contributed by atoms with van der Waals surface area (Å²) in [6.07, 6.45) is 1.74. The molecule has 22 heteroatoms.